The summed E-state index contributed by atoms with van der Waals surface area (Å²) in [6.07, 6.45) is 0. The number of nitrogens with zero attached hydrogens (tertiary/aromatic N) is 2. The van der Waals surface area contributed by atoms with Crippen LogP contribution in [-0.4, -0.2) is 14.7 Å². The average molecular weight is 264 g/mol. The van der Waals surface area contributed by atoms with Crippen LogP contribution < -0.4 is 0 Å². The van der Waals surface area contributed by atoms with Gasteiger partial charge in [-0.15, -0.1) is 0 Å². The van der Waals surface area contributed by atoms with E-state index in [-0.39, 0.29) is 5.75 Å². The number of hydrogen-bond donors (Lipinski definition) is 1. The molecule has 0 aliphatic carbocycles. The summed E-state index contributed by atoms with van der Waals surface area (Å²) in [5.74, 6) is 1.01. The van der Waals surface area contributed by atoms with Gasteiger partial charge >= 0.3 is 0 Å². The van der Waals surface area contributed by atoms with Gasteiger partial charge in [0.1, 0.15) is 11.6 Å². The summed E-state index contributed by atoms with van der Waals surface area (Å²) in [5.41, 5.74) is 3.83. The van der Waals surface area contributed by atoms with Crippen LogP contribution in [0.25, 0.3) is 17.1 Å². The summed E-state index contributed by atoms with van der Waals surface area (Å²) >= 11 is 0. The summed E-state index contributed by atoms with van der Waals surface area (Å²) in [4.78, 5) is 4.62. The Kier molecular flexibility index (Phi) is 3.03. The maximum Gasteiger partial charge on any atom is 0.148 e. The minimum absolute atomic E-state index is 0.245. The third-order valence-electron chi connectivity index (χ3n) is 3.50. The van der Waals surface area contributed by atoms with E-state index < -0.39 is 0 Å². The third-order valence-corrected chi connectivity index (χ3v) is 3.50. The number of aryl methyl sites for hydroxylation is 1. The van der Waals surface area contributed by atoms with Crippen LogP contribution in [0.5, 0.6) is 5.75 Å². The molecule has 0 aliphatic heterocycles. The second-order valence-electron chi connectivity index (χ2n) is 4.79. The van der Waals surface area contributed by atoms with Crippen molar-refractivity contribution in [2.24, 2.45) is 0 Å². The molecule has 2 aromatic carbocycles. The molecule has 20 heavy (non-hydrogen) atoms. The molecule has 0 bridgehead atoms. The van der Waals surface area contributed by atoms with E-state index >= 15 is 0 Å². The fourth-order valence-electron chi connectivity index (χ4n) is 2.35. The Morgan fingerprint density at radius 3 is 2.25 bits per heavy atom. The molecular weight excluding hydrogens is 248 g/mol. The summed E-state index contributed by atoms with van der Waals surface area (Å²) in [6.45, 7) is 4.02. The van der Waals surface area contributed by atoms with Crippen molar-refractivity contribution in [1.82, 2.24) is 9.55 Å². The minimum Gasteiger partial charge on any atom is -0.507 e. The molecule has 3 nitrogen and oxygen atoms in total. The van der Waals surface area contributed by atoms with Gasteiger partial charge in [-0.05, 0) is 38.1 Å². The molecule has 1 N–H and O–H groups in total. The van der Waals surface area contributed by atoms with Gasteiger partial charge in [0.2, 0.25) is 0 Å². The second kappa shape index (κ2) is 4.85. The van der Waals surface area contributed by atoms with Crippen molar-refractivity contribution in [2.75, 3.05) is 0 Å². The molecule has 3 rings (SSSR count). The monoisotopic (exact) mass is 264 g/mol. The van der Waals surface area contributed by atoms with Crippen molar-refractivity contribution in [3.05, 3.63) is 66.0 Å². The summed E-state index contributed by atoms with van der Waals surface area (Å²) in [6, 6.07) is 17.4. The normalized spacial score (nSPS) is 10.7. The molecular formula is C17H16N2O. The lowest BCUT2D eigenvalue weighted by Crippen LogP contribution is -1.99. The predicted molar refractivity (Wildman–Crippen MR) is 80.1 cm³/mol. The lowest BCUT2D eigenvalue weighted by molar-refractivity contribution is 0.477. The molecule has 0 unspecified atom stereocenters. The van der Waals surface area contributed by atoms with Crippen molar-refractivity contribution >= 4 is 0 Å². The van der Waals surface area contributed by atoms with E-state index in [0.717, 1.165) is 28.5 Å². The molecule has 3 heteroatoms. The number of phenolic OH excluding ortho intramolecular Hbond substituents is 1. The highest BCUT2D eigenvalue weighted by Gasteiger charge is 2.16. The van der Waals surface area contributed by atoms with Gasteiger partial charge in [0, 0.05) is 11.4 Å². The van der Waals surface area contributed by atoms with E-state index in [1.807, 2.05) is 62.4 Å². The highest BCUT2D eigenvalue weighted by atomic mass is 16.3. The first-order valence-corrected chi connectivity index (χ1v) is 6.58. The fourth-order valence-corrected chi connectivity index (χ4v) is 2.35. The first-order chi connectivity index (χ1) is 9.68. The standard InChI is InChI=1S/C17H16N2O/c1-12-13(2)19(14-8-4-3-5-9-14)17(18-12)15-10-6-7-11-16(15)20/h3-11,20H,1-2H3. The van der Waals surface area contributed by atoms with Crippen LogP contribution in [0.1, 0.15) is 11.4 Å². The average Bonchev–Trinajstić information content (AvgIpc) is 2.76. The van der Waals surface area contributed by atoms with Crippen LogP contribution in [0.2, 0.25) is 0 Å². The fraction of sp³-hybridized carbons (Fsp3) is 0.118. The first-order valence-electron chi connectivity index (χ1n) is 6.58. The largest absolute Gasteiger partial charge is 0.507 e. The molecule has 100 valence electrons. The van der Waals surface area contributed by atoms with E-state index in [0.29, 0.717) is 0 Å². The van der Waals surface area contributed by atoms with Crippen molar-refractivity contribution in [3.8, 4) is 22.8 Å². The quantitative estimate of drug-likeness (QED) is 0.763. The highest BCUT2D eigenvalue weighted by Crippen LogP contribution is 2.31. The molecule has 1 aromatic heterocycles. The molecule has 1 heterocycles. The van der Waals surface area contributed by atoms with Crippen LogP contribution in [0.3, 0.4) is 0 Å². The first kappa shape index (κ1) is 12.5. The highest BCUT2D eigenvalue weighted by molar-refractivity contribution is 5.67. The number of phenols is 1. The maximum absolute atomic E-state index is 10.1. The molecule has 0 amide bonds. The van der Waals surface area contributed by atoms with Crippen molar-refractivity contribution < 1.29 is 5.11 Å². The SMILES string of the molecule is Cc1nc(-c2ccccc2O)n(-c2ccccc2)c1C. The van der Waals surface area contributed by atoms with E-state index in [2.05, 4.69) is 9.55 Å². The van der Waals surface area contributed by atoms with Gasteiger partial charge in [0.15, 0.2) is 0 Å². The molecule has 3 aromatic rings. The Morgan fingerprint density at radius 2 is 1.55 bits per heavy atom. The van der Waals surface area contributed by atoms with Gasteiger partial charge in [-0.25, -0.2) is 4.98 Å². The number of para-hydroxylation sites is 2. The Balaban J connectivity index is 2.28. The summed E-state index contributed by atoms with van der Waals surface area (Å²) < 4.78 is 2.07. The number of aromatic hydroxyl groups is 1. The van der Waals surface area contributed by atoms with Crippen molar-refractivity contribution in [2.45, 2.75) is 13.8 Å². The van der Waals surface area contributed by atoms with Gasteiger partial charge in [-0.2, -0.15) is 0 Å². The van der Waals surface area contributed by atoms with Crippen LogP contribution >= 0.6 is 0 Å². The second-order valence-corrected chi connectivity index (χ2v) is 4.79. The van der Waals surface area contributed by atoms with E-state index in [4.69, 9.17) is 0 Å². The summed E-state index contributed by atoms with van der Waals surface area (Å²) in [7, 11) is 0. The molecule has 0 radical (unpaired) electrons. The Morgan fingerprint density at radius 1 is 0.900 bits per heavy atom. The number of rotatable bonds is 2. The van der Waals surface area contributed by atoms with E-state index in [1.165, 1.54) is 0 Å². The minimum atomic E-state index is 0.245. The van der Waals surface area contributed by atoms with Crippen molar-refractivity contribution in [1.29, 1.82) is 0 Å². The van der Waals surface area contributed by atoms with Crippen LogP contribution in [0.15, 0.2) is 54.6 Å². The van der Waals surface area contributed by atoms with Gasteiger partial charge in [-0.1, -0.05) is 30.3 Å². The number of benzene rings is 2. The molecule has 0 fully saturated rings. The molecule has 0 aliphatic rings. The van der Waals surface area contributed by atoms with Crippen molar-refractivity contribution in [3.63, 3.8) is 0 Å². The van der Waals surface area contributed by atoms with Gasteiger partial charge in [0.05, 0.1) is 11.3 Å². The topological polar surface area (TPSA) is 38.1 Å². The number of imidazole rings is 1. The Labute approximate surface area is 118 Å². The van der Waals surface area contributed by atoms with E-state index in [1.54, 1.807) is 6.07 Å². The number of aromatic nitrogens is 2. The van der Waals surface area contributed by atoms with Crippen LogP contribution in [0.4, 0.5) is 0 Å². The molecule has 0 saturated carbocycles. The maximum atomic E-state index is 10.1. The van der Waals surface area contributed by atoms with Gasteiger partial charge in [0.25, 0.3) is 0 Å². The molecule has 0 atom stereocenters. The smallest absolute Gasteiger partial charge is 0.148 e. The lowest BCUT2D eigenvalue weighted by atomic mass is 10.2. The van der Waals surface area contributed by atoms with E-state index in [9.17, 15) is 5.11 Å². The number of hydrogen-bond acceptors (Lipinski definition) is 2. The summed E-state index contributed by atoms with van der Waals surface area (Å²) in [5, 5.41) is 10.1. The zero-order chi connectivity index (χ0) is 14.1. The zero-order valence-corrected chi connectivity index (χ0v) is 11.5. The Hall–Kier alpha value is -2.55. The molecule has 0 saturated heterocycles. The third kappa shape index (κ3) is 1.97. The van der Waals surface area contributed by atoms with Crippen LogP contribution in [0, 0.1) is 13.8 Å². The lowest BCUT2D eigenvalue weighted by Gasteiger charge is -2.11. The van der Waals surface area contributed by atoms with Crippen LogP contribution in [-0.2, 0) is 0 Å². The zero-order valence-electron chi connectivity index (χ0n) is 11.5. The Bertz CT molecular complexity index is 745. The van der Waals surface area contributed by atoms with Gasteiger partial charge < -0.3 is 5.11 Å². The van der Waals surface area contributed by atoms with Gasteiger partial charge in [-0.3, -0.25) is 4.57 Å². The predicted octanol–water partition coefficient (Wildman–Crippen LogP) is 3.86. The molecule has 0 spiro atoms.